The molecule has 15 heavy (non-hydrogen) atoms. The molecule has 86 valence electrons. The van der Waals surface area contributed by atoms with Crippen LogP contribution in [0.25, 0.3) is 0 Å². The van der Waals surface area contributed by atoms with Gasteiger partial charge in [-0.1, -0.05) is 0 Å². The van der Waals surface area contributed by atoms with Crippen molar-refractivity contribution in [2.24, 2.45) is 0 Å². The second-order valence-corrected chi connectivity index (χ2v) is 4.09. The van der Waals surface area contributed by atoms with Crippen molar-refractivity contribution in [3.63, 3.8) is 0 Å². The molecule has 0 bridgehead atoms. The van der Waals surface area contributed by atoms with Crippen LogP contribution in [0, 0.1) is 0 Å². The van der Waals surface area contributed by atoms with Gasteiger partial charge in [-0.2, -0.15) is 0 Å². The molecule has 1 aliphatic heterocycles. The monoisotopic (exact) mass is 234 g/mol. The molecule has 2 atom stereocenters. The van der Waals surface area contributed by atoms with Crippen LogP contribution in [0.4, 0.5) is 0 Å². The van der Waals surface area contributed by atoms with Crippen molar-refractivity contribution in [3.05, 3.63) is 0 Å². The van der Waals surface area contributed by atoms with E-state index < -0.39 is 12.1 Å². The number of rotatable bonds is 4. The SMILES string of the molecule is COC(=O)C(O)CNC(=O)C1CSCN1. The first-order valence-electron chi connectivity index (χ1n) is 4.50. The average molecular weight is 234 g/mol. The Kier molecular flexibility index (Phi) is 4.86. The van der Waals surface area contributed by atoms with Crippen LogP contribution in [-0.4, -0.2) is 54.4 Å². The molecule has 1 heterocycles. The van der Waals surface area contributed by atoms with Gasteiger partial charge in [0.25, 0.3) is 0 Å². The first-order chi connectivity index (χ1) is 7.15. The van der Waals surface area contributed by atoms with Gasteiger partial charge in [-0.3, -0.25) is 10.1 Å². The van der Waals surface area contributed by atoms with E-state index in [9.17, 15) is 14.7 Å². The predicted molar refractivity (Wildman–Crippen MR) is 55.3 cm³/mol. The van der Waals surface area contributed by atoms with Gasteiger partial charge in [-0.05, 0) is 0 Å². The van der Waals surface area contributed by atoms with Crippen LogP contribution in [0.5, 0.6) is 0 Å². The molecule has 1 rings (SSSR count). The summed E-state index contributed by atoms with van der Waals surface area (Å²) in [5.74, 6) is 0.504. The van der Waals surface area contributed by atoms with Gasteiger partial charge in [-0.25, -0.2) is 4.79 Å². The van der Waals surface area contributed by atoms with Gasteiger partial charge < -0.3 is 15.2 Å². The highest BCUT2D eigenvalue weighted by atomic mass is 32.2. The Hall–Kier alpha value is -0.790. The Morgan fingerprint density at radius 1 is 1.73 bits per heavy atom. The number of nitrogens with one attached hydrogen (secondary N) is 2. The standard InChI is InChI=1S/C8H14N2O4S/c1-14-8(13)6(11)2-9-7(12)5-3-15-4-10-5/h5-6,10-11H,2-4H2,1H3,(H,9,12). The minimum Gasteiger partial charge on any atom is -0.467 e. The molecule has 1 amide bonds. The second kappa shape index (κ2) is 5.94. The lowest BCUT2D eigenvalue weighted by atomic mass is 10.3. The number of amides is 1. The molecule has 7 heteroatoms. The van der Waals surface area contributed by atoms with Crippen molar-refractivity contribution in [2.75, 3.05) is 25.3 Å². The summed E-state index contributed by atoms with van der Waals surface area (Å²) < 4.78 is 4.31. The highest BCUT2D eigenvalue weighted by Crippen LogP contribution is 2.09. The van der Waals surface area contributed by atoms with E-state index in [1.54, 1.807) is 11.8 Å². The molecule has 0 radical (unpaired) electrons. The van der Waals surface area contributed by atoms with E-state index in [-0.39, 0.29) is 18.5 Å². The summed E-state index contributed by atoms with van der Waals surface area (Å²) in [5.41, 5.74) is 0. The molecular formula is C8H14N2O4S. The smallest absolute Gasteiger partial charge is 0.336 e. The zero-order valence-electron chi connectivity index (χ0n) is 8.36. The predicted octanol–water partition coefficient (Wildman–Crippen LogP) is -1.70. The number of carbonyl (C=O) groups excluding carboxylic acids is 2. The number of methoxy groups -OCH3 is 1. The molecule has 0 aromatic heterocycles. The number of hydrogen-bond acceptors (Lipinski definition) is 6. The van der Waals surface area contributed by atoms with Crippen LogP contribution >= 0.6 is 11.8 Å². The van der Waals surface area contributed by atoms with Crippen LogP contribution in [-0.2, 0) is 14.3 Å². The number of aliphatic hydroxyl groups excluding tert-OH is 1. The summed E-state index contributed by atoms with van der Waals surface area (Å²) in [7, 11) is 1.18. The maximum atomic E-state index is 11.4. The fraction of sp³-hybridized carbons (Fsp3) is 0.750. The quantitative estimate of drug-likeness (QED) is 0.503. The molecular weight excluding hydrogens is 220 g/mol. The van der Waals surface area contributed by atoms with Crippen molar-refractivity contribution in [2.45, 2.75) is 12.1 Å². The van der Waals surface area contributed by atoms with E-state index in [2.05, 4.69) is 15.4 Å². The molecule has 0 aliphatic carbocycles. The Labute approximate surface area is 91.7 Å². The Bertz CT molecular complexity index is 243. The molecule has 1 fully saturated rings. The maximum absolute atomic E-state index is 11.4. The number of ether oxygens (including phenoxy) is 1. The van der Waals surface area contributed by atoms with Gasteiger partial charge in [0.2, 0.25) is 5.91 Å². The van der Waals surface area contributed by atoms with Crippen molar-refractivity contribution in [1.82, 2.24) is 10.6 Å². The van der Waals surface area contributed by atoms with E-state index >= 15 is 0 Å². The lowest BCUT2D eigenvalue weighted by molar-refractivity contribution is -0.150. The van der Waals surface area contributed by atoms with Crippen molar-refractivity contribution in [1.29, 1.82) is 0 Å². The number of hydrogen-bond donors (Lipinski definition) is 3. The molecule has 3 N–H and O–H groups in total. The summed E-state index contributed by atoms with van der Waals surface area (Å²) >= 11 is 1.63. The second-order valence-electron chi connectivity index (χ2n) is 3.06. The number of carbonyl (C=O) groups is 2. The largest absolute Gasteiger partial charge is 0.467 e. The third kappa shape index (κ3) is 3.69. The molecule has 6 nitrogen and oxygen atoms in total. The number of aliphatic hydroxyl groups is 1. The van der Waals surface area contributed by atoms with E-state index in [0.29, 0.717) is 5.75 Å². The molecule has 0 spiro atoms. The molecule has 0 aromatic rings. The van der Waals surface area contributed by atoms with Crippen molar-refractivity contribution in [3.8, 4) is 0 Å². The van der Waals surface area contributed by atoms with E-state index in [0.717, 1.165) is 5.88 Å². The van der Waals surface area contributed by atoms with Crippen LogP contribution < -0.4 is 10.6 Å². The first kappa shape index (κ1) is 12.3. The maximum Gasteiger partial charge on any atom is 0.336 e. The zero-order valence-corrected chi connectivity index (χ0v) is 9.17. The zero-order chi connectivity index (χ0) is 11.3. The average Bonchev–Trinajstić information content (AvgIpc) is 2.77. The topological polar surface area (TPSA) is 87.7 Å². The third-order valence-electron chi connectivity index (χ3n) is 1.98. The lowest BCUT2D eigenvalue weighted by Gasteiger charge is -2.12. The fourth-order valence-corrected chi connectivity index (χ4v) is 2.05. The summed E-state index contributed by atoms with van der Waals surface area (Å²) in [6, 6.07) is -0.236. The number of thioether (sulfide) groups is 1. The normalized spacial score (nSPS) is 22.1. The third-order valence-corrected chi connectivity index (χ3v) is 2.92. The fourth-order valence-electron chi connectivity index (χ4n) is 1.10. The van der Waals surface area contributed by atoms with Crippen LogP contribution in [0.2, 0.25) is 0 Å². The van der Waals surface area contributed by atoms with Crippen LogP contribution in [0.15, 0.2) is 0 Å². The van der Waals surface area contributed by atoms with Crippen molar-refractivity contribution < 1.29 is 19.4 Å². The van der Waals surface area contributed by atoms with E-state index in [4.69, 9.17) is 0 Å². The lowest BCUT2D eigenvalue weighted by Crippen LogP contribution is -2.46. The van der Waals surface area contributed by atoms with Gasteiger partial charge in [0.1, 0.15) is 0 Å². The summed E-state index contributed by atoms with van der Waals surface area (Å²) in [4.78, 5) is 22.2. The van der Waals surface area contributed by atoms with Crippen molar-refractivity contribution >= 4 is 23.6 Å². The van der Waals surface area contributed by atoms with Crippen LogP contribution in [0.1, 0.15) is 0 Å². The Morgan fingerprint density at radius 2 is 2.47 bits per heavy atom. The molecule has 0 saturated carbocycles. The minimum atomic E-state index is -1.30. The highest BCUT2D eigenvalue weighted by Gasteiger charge is 2.24. The Balaban J connectivity index is 2.24. The van der Waals surface area contributed by atoms with Gasteiger partial charge in [0.05, 0.1) is 19.7 Å². The summed E-state index contributed by atoms with van der Waals surface area (Å²) in [6.07, 6.45) is -1.30. The number of esters is 1. The van der Waals surface area contributed by atoms with Crippen LogP contribution in [0.3, 0.4) is 0 Å². The Morgan fingerprint density at radius 3 is 3.00 bits per heavy atom. The van der Waals surface area contributed by atoms with Gasteiger partial charge in [0.15, 0.2) is 6.10 Å². The highest BCUT2D eigenvalue weighted by molar-refractivity contribution is 7.99. The molecule has 1 aliphatic rings. The van der Waals surface area contributed by atoms with E-state index in [1.165, 1.54) is 7.11 Å². The summed E-state index contributed by atoms with van der Waals surface area (Å²) in [5, 5.41) is 14.6. The van der Waals surface area contributed by atoms with Gasteiger partial charge >= 0.3 is 5.97 Å². The molecule has 1 saturated heterocycles. The van der Waals surface area contributed by atoms with E-state index in [1.807, 2.05) is 0 Å². The van der Waals surface area contributed by atoms with Gasteiger partial charge in [-0.15, -0.1) is 11.8 Å². The first-order valence-corrected chi connectivity index (χ1v) is 5.65. The minimum absolute atomic E-state index is 0.117. The molecule has 2 unspecified atom stereocenters. The van der Waals surface area contributed by atoms with Gasteiger partial charge in [0, 0.05) is 11.6 Å². The summed E-state index contributed by atoms with van der Waals surface area (Å²) in [6.45, 7) is -0.117. The molecule has 0 aromatic carbocycles.